The van der Waals surface area contributed by atoms with Crippen LogP contribution in [0.4, 0.5) is 0 Å². The van der Waals surface area contributed by atoms with Crippen molar-refractivity contribution in [1.82, 2.24) is 15.0 Å². The molecule has 1 atom stereocenters. The number of nitrogens with zero attached hydrogens (tertiary/aromatic N) is 1. The predicted molar refractivity (Wildman–Crippen MR) is 78.1 cm³/mol. The van der Waals surface area contributed by atoms with Crippen molar-refractivity contribution < 1.29 is 13.2 Å². The van der Waals surface area contributed by atoms with Crippen LogP contribution < -0.4 is 10.0 Å². The Balaban J connectivity index is 1.91. The number of amides is 1. The van der Waals surface area contributed by atoms with Gasteiger partial charge in [-0.05, 0) is 18.4 Å². The number of thiazole rings is 1. The second-order valence-electron chi connectivity index (χ2n) is 3.97. The SMILES string of the molecule is CC(NS(=O)(=O)c1cccs1)C(=O)NCc1cscn1. The minimum atomic E-state index is -3.64. The lowest BCUT2D eigenvalue weighted by atomic mass is 10.3. The summed E-state index contributed by atoms with van der Waals surface area (Å²) >= 11 is 2.54. The normalized spacial score (nSPS) is 13.1. The summed E-state index contributed by atoms with van der Waals surface area (Å²) in [4.78, 5) is 15.9. The van der Waals surface area contributed by atoms with Gasteiger partial charge in [-0.2, -0.15) is 4.72 Å². The van der Waals surface area contributed by atoms with Crippen LogP contribution >= 0.6 is 22.7 Å². The molecular formula is C11H13N3O3S3. The largest absolute Gasteiger partial charge is 0.349 e. The molecule has 0 saturated carbocycles. The van der Waals surface area contributed by atoms with Gasteiger partial charge in [0.05, 0.1) is 23.8 Å². The van der Waals surface area contributed by atoms with Gasteiger partial charge in [-0.1, -0.05) is 6.07 Å². The van der Waals surface area contributed by atoms with Gasteiger partial charge in [-0.15, -0.1) is 22.7 Å². The third-order valence-corrected chi connectivity index (χ3v) is 5.99. The Kier molecular flexibility index (Phi) is 4.86. The summed E-state index contributed by atoms with van der Waals surface area (Å²) in [6, 6.07) is 2.29. The molecule has 0 saturated heterocycles. The first-order valence-electron chi connectivity index (χ1n) is 5.69. The lowest BCUT2D eigenvalue weighted by Crippen LogP contribution is -2.44. The number of sulfonamides is 1. The molecule has 0 aliphatic heterocycles. The van der Waals surface area contributed by atoms with E-state index in [4.69, 9.17) is 0 Å². The van der Waals surface area contributed by atoms with Gasteiger partial charge in [0.25, 0.3) is 10.0 Å². The minimum absolute atomic E-state index is 0.191. The third kappa shape index (κ3) is 3.85. The molecule has 6 nitrogen and oxygen atoms in total. The Morgan fingerprint density at radius 1 is 1.50 bits per heavy atom. The standard InChI is InChI=1S/C11H13N3O3S3/c1-8(11(15)12-5-9-6-18-7-13-9)14-20(16,17)10-3-2-4-19-10/h2-4,6-8,14H,5H2,1H3,(H,12,15). The molecule has 0 bridgehead atoms. The highest BCUT2D eigenvalue weighted by molar-refractivity contribution is 7.91. The van der Waals surface area contributed by atoms with Crippen LogP contribution in [0, 0.1) is 0 Å². The Hall–Kier alpha value is -1.29. The van der Waals surface area contributed by atoms with E-state index in [1.165, 1.54) is 24.3 Å². The number of carbonyl (C=O) groups is 1. The fourth-order valence-corrected chi connectivity index (χ4v) is 4.19. The van der Waals surface area contributed by atoms with Crippen LogP contribution in [0.15, 0.2) is 32.6 Å². The summed E-state index contributed by atoms with van der Waals surface area (Å²) in [5.41, 5.74) is 2.42. The van der Waals surface area contributed by atoms with E-state index >= 15 is 0 Å². The summed E-state index contributed by atoms with van der Waals surface area (Å²) in [6.07, 6.45) is 0. The predicted octanol–water partition coefficient (Wildman–Crippen LogP) is 1.19. The summed E-state index contributed by atoms with van der Waals surface area (Å²) in [7, 11) is -3.64. The smallest absolute Gasteiger partial charge is 0.250 e. The van der Waals surface area contributed by atoms with Crippen LogP contribution in [0.3, 0.4) is 0 Å². The highest BCUT2D eigenvalue weighted by atomic mass is 32.2. The van der Waals surface area contributed by atoms with Gasteiger partial charge in [0, 0.05) is 5.38 Å². The molecule has 0 spiro atoms. The molecule has 20 heavy (non-hydrogen) atoms. The molecule has 0 aromatic carbocycles. The molecule has 9 heteroatoms. The molecule has 0 fully saturated rings. The first kappa shape index (κ1) is 15.1. The summed E-state index contributed by atoms with van der Waals surface area (Å²) in [5.74, 6) is -0.391. The highest BCUT2D eigenvalue weighted by Gasteiger charge is 2.22. The van der Waals surface area contributed by atoms with Crippen LogP contribution in [0.25, 0.3) is 0 Å². The van der Waals surface area contributed by atoms with Crippen LogP contribution in [-0.2, 0) is 21.4 Å². The first-order valence-corrected chi connectivity index (χ1v) is 9.00. The minimum Gasteiger partial charge on any atom is -0.349 e. The molecule has 0 aliphatic carbocycles. The number of thiophene rings is 1. The van der Waals surface area contributed by atoms with Gasteiger partial charge in [0.2, 0.25) is 5.91 Å². The molecule has 2 aromatic rings. The average Bonchev–Trinajstić information content (AvgIpc) is 3.08. The van der Waals surface area contributed by atoms with Crippen molar-refractivity contribution in [3.63, 3.8) is 0 Å². The molecule has 2 heterocycles. The van der Waals surface area contributed by atoms with E-state index in [1.54, 1.807) is 17.0 Å². The number of nitrogens with one attached hydrogen (secondary N) is 2. The van der Waals surface area contributed by atoms with E-state index in [1.807, 2.05) is 5.38 Å². The summed E-state index contributed by atoms with van der Waals surface area (Å²) in [5, 5.41) is 6.12. The zero-order valence-electron chi connectivity index (χ0n) is 10.6. The van der Waals surface area contributed by atoms with Gasteiger partial charge in [0.15, 0.2) is 0 Å². The maximum Gasteiger partial charge on any atom is 0.250 e. The van der Waals surface area contributed by atoms with E-state index < -0.39 is 22.0 Å². The lowest BCUT2D eigenvalue weighted by Gasteiger charge is -2.13. The Morgan fingerprint density at radius 3 is 2.90 bits per heavy atom. The van der Waals surface area contributed by atoms with Gasteiger partial charge in [-0.25, -0.2) is 13.4 Å². The van der Waals surface area contributed by atoms with Gasteiger partial charge < -0.3 is 5.32 Å². The fraction of sp³-hybridized carbons (Fsp3) is 0.273. The zero-order chi connectivity index (χ0) is 14.6. The van der Waals surface area contributed by atoms with Crippen LogP contribution in [0.2, 0.25) is 0 Å². The summed E-state index contributed by atoms with van der Waals surface area (Å²) in [6.45, 7) is 1.79. The number of hydrogen-bond acceptors (Lipinski definition) is 6. The molecule has 1 unspecified atom stereocenters. The van der Waals surface area contributed by atoms with E-state index in [0.29, 0.717) is 0 Å². The molecule has 0 aliphatic rings. The van der Waals surface area contributed by atoms with Crippen molar-refractivity contribution in [2.75, 3.05) is 0 Å². The van der Waals surface area contributed by atoms with Crippen molar-refractivity contribution in [3.8, 4) is 0 Å². The van der Waals surface area contributed by atoms with Crippen LogP contribution in [0.5, 0.6) is 0 Å². The molecule has 0 radical (unpaired) electrons. The zero-order valence-corrected chi connectivity index (χ0v) is 13.0. The van der Waals surface area contributed by atoms with Crippen molar-refractivity contribution >= 4 is 38.6 Å². The third-order valence-electron chi connectivity index (χ3n) is 2.41. The topological polar surface area (TPSA) is 88.2 Å². The number of aromatic nitrogens is 1. The van der Waals surface area contributed by atoms with Crippen LogP contribution in [0.1, 0.15) is 12.6 Å². The van der Waals surface area contributed by atoms with E-state index in [2.05, 4.69) is 15.0 Å². The van der Waals surface area contributed by atoms with Gasteiger partial charge >= 0.3 is 0 Å². The second-order valence-corrected chi connectivity index (χ2v) is 7.58. The van der Waals surface area contributed by atoms with Crippen molar-refractivity contribution in [2.45, 2.75) is 23.7 Å². The van der Waals surface area contributed by atoms with Crippen LogP contribution in [-0.4, -0.2) is 25.4 Å². The Morgan fingerprint density at radius 2 is 2.30 bits per heavy atom. The van der Waals surface area contributed by atoms with Gasteiger partial charge in [-0.3, -0.25) is 4.79 Å². The molecule has 108 valence electrons. The average molecular weight is 331 g/mol. The molecule has 2 aromatic heterocycles. The quantitative estimate of drug-likeness (QED) is 0.832. The number of carbonyl (C=O) groups excluding carboxylic acids is 1. The second kappa shape index (κ2) is 6.44. The number of rotatable bonds is 6. The molecule has 2 rings (SSSR count). The highest BCUT2D eigenvalue weighted by Crippen LogP contribution is 2.15. The van der Waals surface area contributed by atoms with E-state index in [-0.39, 0.29) is 10.8 Å². The van der Waals surface area contributed by atoms with E-state index in [9.17, 15) is 13.2 Å². The molecule has 2 N–H and O–H groups in total. The summed E-state index contributed by atoms with van der Waals surface area (Å²) < 4.78 is 26.4. The maximum absolute atomic E-state index is 11.9. The first-order chi connectivity index (χ1) is 9.49. The fourth-order valence-electron chi connectivity index (χ4n) is 1.42. The Labute approximate surface area is 124 Å². The van der Waals surface area contributed by atoms with Gasteiger partial charge in [0.1, 0.15) is 4.21 Å². The lowest BCUT2D eigenvalue weighted by molar-refractivity contribution is -0.122. The molecular weight excluding hydrogens is 318 g/mol. The van der Waals surface area contributed by atoms with Crippen molar-refractivity contribution in [2.24, 2.45) is 0 Å². The monoisotopic (exact) mass is 331 g/mol. The molecule has 1 amide bonds. The van der Waals surface area contributed by atoms with Crippen molar-refractivity contribution in [3.05, 3.63) is 34.1 Å². The Bertz CT molecular complexity index is 650. The maximum atomic E-state index is 11.9. The number of hydrogen-bond donors (Lipinski definition) is 2. The van der Waals surface area contributed by atoms with Crippen molar-refractivity contribution in [1.29, 1.82) is 0 Å². The van der Waals surface area contributed by atoms with E-state index in [0.717, 1.165) is 17.0 Å².